The third-order valence-corrected chi connectivity index (χ3v) is 4.11. The number of urea groups is 1. The second-order valence-corrected chi connectivity index (χ2v) is 6.08. The summed E-state index contributed by atoms with van der Waals surface area (Å²) in [7, 11) is 0. The minimum absolute atomic E-state index is 0.137. The van der Waals surface area contributed by atoms with Crippen molar-refractivity contribution in [3.63, 3.8) is 0 Å². The third kappa shape index (κ3) is 5.80. The molecule has 1 heterocycles. The highest BCUT2D eigenvalue weighted by atomic mass is 16.5. The van der Waals surface area contributed by atoms with E-state index in [1.54, 1.807) is 0 Å². The lowest BCUT2D eigenvalue weighted by Crippen LogP contribution is -2.35. The predicted molar refractivity (Wildman–Crippen MR) is 98.1 cm³/mol. The molecule has 5 heteroatoms. The topological polar surface area (TPSA) is 59.6 Å². The molecule has 2 N–H and O–H groups in total. The van der Waals surface area contributed by atoms with Crippen molar-refractivity contribution in [1.82, 2.24) is 5.32 Å². The Bertz CT molecular complexity index is 670. The van der Waals surface area contributed by atoms with Gasteiger partial charge in [0.2, 0.25) is 0 Å². The predicted octanol–water partition coefficient (Wildman–Crippen LogP) is 3.61. The van der Waals surface area contributed by atoms with Crippen LogP contribution in [-0.4, -0.2) is 31.9 Å². The quantitative estimate of drug-likeness (QED) is 0.809. The molecule has 2 amide bonds. The first-order valence-corrected chi connectivity index (χ1v) is 8.73. The molecule has 25 heavy (non-hydrogen) atoms. The maximum Gasteiger partial charge on any atom is 0.319 e. The fraction of sp³-hybridized carbons (Fsp3) is 0.350. The van der Waals surface area contributed by atoms with Gasteiger partial charge in [-0.25, -0.2) is 4.79 Å². The van der Waals surface area contributed by atoms with Gasteiger partial charge in [0.25, 0.3) is 0 Å². The summed E-state index contributed by atoms with van der Waals surface area (Å²) in [4.78, 5) is 12.0. The molecule has 1 atom stereocenters. The van der Waals surface area contributed by atoms with Gasteiger partial charge in [-0.2, -0.15) is 0 Å². The molecule has 0 radical (unpaired) electrons. The summed E-state index contributed by atoms with van der Waals surface area (Å²) in [5.41, 5.74) is 1.95. The van der Waals surface area contributed by atoms with Crippen LogP contribution in [0.2, 0.25) is 0 Å². The molecule has 1 saturated heterocycles. The molecule has 2 aromatic rings. The van der Waals surface area contributed by atoms with Crippen LogP contribution in [-0.2, 0) is 11.2 Å². The van der Waals surface area contributed by atoms with Crippen LogP contribution < -0.4 is 15.4 Å². The van der Waals surface area contributed by atoms with E-state index in [1.807, 2.05) is 42.5 Å². The van der Waals surface area contributed by atoms with Crippen LogP contribution in [0, 0.1) is 0 Å². The van der Waals surface area contributed by atoms with Gasteiger partial charge in [-0.05, 0) is 30.5 Å². The maximum atomic E-state index is 12.0. The van der Waals surface area contributed by atoms with Crippen LogP contribution in [0.1, 0.15) is 18.4 Å². The number of hydrogen-bond acceptors (Lipinski definition) is 3. The number of carbonyl (C=O) groups excluding carboxylic acids is 1. The van der Waals surface area contributed by atoms with Gasteiger partial charge in [-0.3, -0.25) is 0 Å². The second-order valence-electron chi connectivity index (χ2n) is 6.08. The van der Waals surface area contributed by atoms with Gasteiger partial charge < -0.3 is 20.1 Å². The number of amides is 2. The van der Waals surface area contributed by atoms with Gasteiger partial charge >= 0.3 is 6.03 Å². The molecule has 1 fully saturated rings. The molecule has 0 saturated carbocycles. The zero-order valence-corrected chi connectivity index (χ0v) is 14.2. The summed E-state index contributed by atoms with van der Waals surface area (Å²) in [5.74, 6) is 0.743. The number of carbonyl (C=O) groups is 1. The van der Waals surface area contributed by atoms with Crippen molar-refractivity contribution in [3.05, 3.63) is 60.2 Å². The van der Waals surface area contributed by atoms with Crippen molar-refractivity contribution < 1.29 is 14.3 Å². The molecule has 0 aliphatic carbocycles. The van der Waals surface area contributed by atoms with Crippen molar-refractivity contribution in [2.45, 2.75) is 25.4 Å². The molecule has 1 aliphatic rings. The Morgan fingerprint density at radius 3 is 2.84 bits per heavy atom. The molecule has 0 spiro atoms. The van der Waals surface area contributed by atoms with Crippen molar-refractivity contribution in [2.24, 2.45) is 0 Å². The summed E-state index contributed by atoms with van der Waals surface area (Å²) < 4.78 is 11.3. The highest BCUT2D eigenvalue weighted by Crippen LogP contribution is 2.18. The molecule has 5 nitrogen and oxygen atoms in total. The summed E-state index contributed by atoms with van der Waals surface area (Å²) in [6.45, 7) is 1.92. The van der Waals surface area contributed by atoms with Crippen LogP contribution >= 0.6 is 0 Å². The van der Waals surface area contributed by atoms with Crippen LogP contribution in [0.4, 0.5) is 10.5 Å². The Kier molecular flexibility index (Phi) is 6.29. The monoisotopic (exact) mass is 340 g/mol. The van der Waals surface area contributed by atoms with E-state index >= 15 is 0 Å². The Morgan fingerprint density at radius 1 is 1.16 bits per heavy atom. The molecule has 1 aliphatic heterocycles. The van der Waals surface area contributed by atoms with Crippen molar-refractivity contribution in [2.75, 3.05) is 25.1 Å². The van der Waals surface area contributed by atoms with E-state index in [9.17, 15) is 4.79 Å². The average Bonchev–Trinajstić information content (AvgIpc) is 3.15. The fourth-order valence-electron chi connectivity index (χ4n) is 2.78. The lowest BCUT2D eigenvalue weighted by atomic mass is 10.2. The summed E-state index contributed by atoms with van der Waals surface area (Å²) in [6, 6.07) is 17.4. The summed E-state index contributed by atoms with van der Waals surface area (Å²) >= 11 is 0. The molecule has 0 aromatic heterocycles. The Morgan fingerprint density at radius 2 is 2.04 bits per heavy atom. The van der Waals surface area contributed by atoms with Crippen molar-refractivity contribution in [3.8, 4) is 5.75 Å². The Balaban J connectivity index is 1.43. The third-order valence-electron chi connectivity index (χ3n) is 4.11. The van der Waals surface area contributed by atoms with Gasteiger partial charge in [0.05, 0.1) is 12.7 Å². The number of ether oxygens (including phenoxy) is 2. The summed E-state index contributed by atoms with van der Waals surface area (Å²) in [6.07, 6.45) is 3.06. The fourth-order valence-corrected chi connectivity index (χ4v) is 2.78. The van der Waals surface area contributed by atoms with Gasteiger partial charge in [-0.1, -0.05) is 36.4 Å². The van der Waals surface area contributed by atoms with E-state index in [4.69, 9.17) is 9.47 Å². The number of rotatable bonds is 7. The first-order valence-electron chi connectivity index (χ1n) is 8.73. The van der Waals surface area contributed by atoms with Gasteiger partial charge in [0.1, 0.15) is 5.75 Å². The van der Waals surface area contributed by atoms with Crippen molar-refractivity contribution >= 4 is 11.7 Å². The molecule has 1 unspecified atom stereocenters. The van der Waals surface area contributed by atoms with Crippen LogP contribution in [0.3, 0.4) is 0 Å². The Hall–Kier alpha value is -2.53. The normalized spacial score (nSPS) is 16.4. The highest BCUT2D eigenvalue weighted by Gasteiger charge is 2.16. The minimum Gasteiger partial charge on any atom is -0.493 e. The van der Waals surface area contributed by atoms with E-state index in [0.29, 0.717) is 18.8 Å². The smallest absolute Gasteiger partial charge is 0.319 e. The second kappa shape index (κ2) is 9.08. The van der Waals surface area contributed by atoms with E-state index in [-0.39, 0.29) is 12.1 Å². The molecular weight excluding hydrogens is 316 g/mol. The zero-order valence-electron chi connectivity index (χ0n) is 14.2. The molecule has 2 aromatic carbocycles. The maximum absolute atomic E-state index is 12.0. The molecular formula is C20H24N2O3. The zero-order chi connectivity index (χ0) is 17.3. The first kappa shape index (κ1) is 17.3. The highest BCUT2D eigenvalue weighted by molar-refractivity contribution is 5.89. The minimum atomic E-state index is -0.225. The first-order chi connectivity index (χ1) is 12.3. The number of nitrogens with one attached hydrogen (secondary N) is 2. The van der Waals surface area contributed by atoms with E-state index in [0.717, 1.165) is 31.6 Å². The largest absolute Gasteiger partial charge is 0.493 e. The number of benzene rings is 2. The SMILES string of the molecule is O=C(NCC1CCCO1)Nc1cccc(OCCc2ccccc2)c1. The lowest BCUT2D eigenvalue weighted by Gasteiger charge is -2.12. The number of anilines is 1. The van der Waals surface area contributed by atoms with Crippen LogP contribution in [0.25, 0.3) is 0 Å². The van der Waals surface area contributed by atoms with Gasteiger partial charge in [0.15, 0.2) is 0 Å². The average molecular weight is 340 g/mol. The molecule has 3 rings (SSSR count). The van der Waals surface area contributed by atoms with E-state index < -0.39 is 0 Å². The van der Waals surface area contributed by atoms with Gasteiger partial charge in [0, 0.05) is 31.3 Å². The summed E-state index contributed by atoms with van der Waals surface area (Å²) in [5, 5.41) is 5.67. The molecule has 0 bridgehead atoms. The van der Waals surface area contributed by atoms with Gasteiger partial charge in [-0.15, -0.1) is 0 Å². The number of hydrogen-bond donors (Lipinski definition) is 2. The van der Waals surface area contributed by atoms with Crippen LogP contribution in [0.5, 0.6) is 5.75 Å². The van der Waals surface area contributed by atoms with E-state index in [1.165, 1.54) is 5.56 Å². The van der Waals surface area contributed by atoms with Crippen molar-refractivity contribution in [1.29, 1.82) is 0 Å². The van der Waals surface area contributed by atoms with E-state index in [2.05, 4.69) is 22.8 Å². The lowest BCUT2D eigenvalue weighted by molar-refractivity contribution is 0.112. The molecule has 132 valence electrons. The Labute approximate surface area is 148 Å². The standard InChI is InChI=1S/C20H24N2O3/c23-20(21-15-19-10-5-12-24-19)22-17-8-4-9-18(14-17)25-13-11-16-6-2-1-3-7-16/h1-4,6-9,14,19H,5,10-13,15H2,(H2,21,22,23). The van der Waals surface area contributed by atoms with Crippen LogP contribution in [0.15, 0.2) is 54.6 Å².